The highest BCUT2D eigenvalue weighted by Crippen LogP contribution is 2.61. The largest absolute Gasteiger partial charge is 0.352 e. The smallest absolute Gasteiger partial charge is 0.185 e. The molecule has 1 fully saturated rings. The Bertz CT molecular complexity index is 1720. The zero-order chi connectivity index (χ0) is 27.8. The van der Waals surface area contributed by atoms with E-state index >= 15 is 0 Å². The highest BCUT2D eigenvalue weighted by molar-refractivity contribution is 6.32. The molecule has 0 aromatic heterocycles. The van der Waals surface area contributed by atoms with Crippen molar-refractivity contribution in [3.05, 3.63) is 141 Å². The topological polar surface area (TPSA) is 54.5 Å². The number of hydrogen-bond acceptors (Lipinski definition) is 4. The van der Waals surface area contributed by atoms with Gasteiger partial charge in [0.05, 0.1) is 6.04 Å². The second kappa shape index (κ2) is 8.83. The van der Waals surface area contributed by atoms with Gasteiger partial charge in [0.15, 0.2) is 17.3 Å². The molecule has 1 spiro atoms. The van der Waals surface area contributed by atoms with E-state index in [1.165, 1.54) is 12.1 Å². The normalized spacial score (nSPS) is 21.9. The van der Waals surface area contributed by atoms with E-state index in [9.17, 15) is 18.8 Å². The highest BCUT2D eigenvalue weighted by Gasteiger charge is 2.71. The van der Waals surface area contributed by atoms with Crippen LogP contribution in [-0.2, 0) is 0 Å². The lowest BCUT2D eigenvalue weighted by Gasteiger charge is -2.37. The number of rotatable bonds is 3. The van der Waals surface area contributed by atoms with Crippen molar-refractivity contribution in [2.45, 2.75) is 24.9 Å². The monoisotopic (exact) mass is 547 g/mol. The number of ketones is 3. The van der Waals surface area contributed by atoms with Crippen LogP contribution in [0.2, 0.25) is 5.02 Å². The minimum Gasteiger partial charge on any atom is -0.352 e. The Morgan fingerprint density at radius 1 is 0.875 bits per heavy atom. The number of benzene rings is 4. The third-order valence-electron chi connectivity index (χ3n) is 8.60. The van der Waals surface area contributed by atoms with Crippen LogP contribution < -0.4 is 4.90 Å². The van der Waals surface area contributed by atoms with Crippen LogP contribution in [-0.4, -0.2) is 29.4 Å². The first-order chi connectivity index (χ1) is 19.3. The van der Waals surface area contributed by atoms with E-state index in [2.05, 4.69) is 0 Å². The summed E-state index contributed by atoms with van der Waals surface area (Å²) in [5, 5.41) is 0.535. The molecule has 0 N–H and O–H groups in total. The van der Waals surface area contributed by atoms with Crippen molar-refractivity contribution >= 4 is 40.7 Å². The number of nitrogens with zero attached hydrogens (tertiary/aromatic N) is 1. The fourth-order valence-corrected chi connectivity index (χ4v) is 7.06. The Morgan fingerprint density at radius 2 is 1.52 bits per heavy atom. The van der Waals surface area contributed by atoms with Gasteiger partial charge in [-0.15, -0.1) is 0 Å². The van der Waals surface area contributed by atoms with E-state index in [0.717, 1.165) is 11.1 Å². The molecular weight excluding hydrogens is 525 g/mol. The molecule has 3 aliphatic rings. The molecule has 7 rings (SSSR count). The SMILES string of the molecule is Cc1ccc(C(=O)[C@H]2[C@H](c3ccc(F)cc3)C3(C(=O)c4ccccc4C3=O)[C@@H]3C=Cc4cc(Cl)ccc4N32)cc1. The summed E-state index contributed by atoms with van der Waals surface area (Å²) in [5.74, 6) is -2.19. The number of fused-ring (bicyclic) bond motifs is 5. The number of halogens is 2. The zero-order valence-electron chi connectivity index (χ0n) is 21.5. The fraction of sp³-hybridized carbons (Fsp3) is 0.147. The summed E-state index contributed by atoms with van der Waals surface area (Å²) in [7, 11) is 0. The van der Waals surface area contributed by atoms with Crippen molar-refractivity contribution in [3.8, 4) is 0 Å². The van der Waals surface area contributed by atoms with Crippen LogP contribution >= 0.6 is 11.6 Å². The van der Waals surface area contributed by atoms with Crippen LogP contribution in [0.3, 0.4) is 0 Å². The summed E-state index contributed by atoms with van der Waals surface area (Å²) in [4.78, 5) is 45.6. The van der Waals surface area contributed by atoms with Crippen molar-refractivity contribution in [1.29, 1.82) is 0 Å². The first kappa shape index (κ1) is 24.7. The summed E-state index contributed by atoms with van der Waals surface area (Å²) in [5.41, 5.74) is 2.60. The maximum absolute atomic E-state index is 14.6. The lowest BCUT2D eigenvalue weighted by Crippen LogP contribution is -2.48. The summed E-state index contributed by atoms with van der Waals surface area (Å²) in [6.07, 6.45) is 3.72. The summed E-state index contributed by atoms with van der Waals surface area (Å²) >= 11 is 6.33. The van der Waals surface area contributed by atoms with Crippen molar-refractivity contribution in [2.75, 3.05) is 4.90 Å². The van der Waals surface area contributed by atoms with Crippen LogP contribution in [0, 0.1) is 18.2 Å². The molecule has 2 heterocycles. The zero-order valence-corrected chi connectivity index (χ0v) is 22.2. The predicted molar refractivity (Wildman–Crippen MR) is 153 cm³/mol. The number of Topliss-reactive ketones (excluding diaryl/α,β-unsaturated/α-hetero) is 3. The molecule has 0 unspecified atom stereocenters. The predicted octanol–water partition coefficient (Wildman–Crippen LogP) is 7.10. The molecular formula is C34H23ClFNO3. The van der Waals surface area contributed by atoms with Gasteiger partial charge in [-0.3, -0.25) is 14.4 Å². The molecule has 1 saturated heterocycles. The molecule has 1 aliphatic carbocycles. The van der Waals surface area contributed by atoms with Crippen LogP contribution in [0.1, 0.15) is 53.7 Å². The van der Waals surface area contributed by atoms with Gasteiger partial charge in [0.1, 0.15) is 17.3 Å². The van der Waals surface area contributed by atoms with Gasteiger partial charge in [-0.1, -0.05) is 90.0 Å². The van der Waals surface area contributed by atoms with E-state index in [-0.39, 0.29) is 17.3 Å². The molecule has 0 amide bonds. The summed E-state index contributed by atoms with van der Waals surface area (Å²) in [6, 6.07) is 23.6. The van der Waals surface area contributed by atoms with Crippen molar-refractivity contribution in [3.63, 3.8) is 0 Å². The molecule has 2 aliphatic heterocycles. The van der Waals surface area contributed by atoms with Gasteiger partial charge in [0.25, 0.3) is 0 Å². The van der Waals surface area contributed by atoms with Crippen molar-refractivity contribution in [2.24, 2.45) is 5.41 Å². The Balaban J connectivity index is 1.54. The Labute approximate surface area is 235 Å². The number of carbonyl (C=O) groups excluding carboxylic acids is 3. The molecule has 6 heteroatoms. The molecule has 0 radical (unpaired) electrons. The average Bonchev–Trinajstić information content (AvgIpc) is 3.39. The summed E-state index contributed by atoms with van der Waals surface area (Å²) in [6.45, 7) is 1.94. The number of aryl methyl sites for hydroxylation is 1. The van der Waals surface area contributed by atoms with Crippen LogP contribution in [0.25, 0.3) is 6.08 Å². The number of anilines is 1. The minimum absolute atomic E-state index is 0.219. The first-order valence-electron chi connectivity index (χ1n) is 13.1. The molecule has 40 heavy (non-hydrogen) atoms. The minimum atomic E-state index is -1.62. The second-order valence-corrected chi connectivity index (χ2v) is 11.1. The third-order valence-corrected chi connectivity index (χ3v) is 8.83. The molecule has 0 saturated carbocycles. The number of carbonyl (C=O) groups is 3. The van der Waals surface area contributed by atoms with E-state index in [1.807, 2.05) is 48.2 Å². The molecule has 4 aromatic carbocycles. The van der Waals surface area contributed by atoms with Crippen molar-refractivity contribution in [1.82, 2.24) is 0 Å². The van der Waals surface area contributed by atoms with Crippen LogP contribution in [0.4, 0.5) is 10.1 Å². The van der Waals surface area contributed by atoms with E-state index < -0.39 is 29.2 Å². The average molecular weight is 548 g/mol. The quantitative estimate of drug-likeness (QED) is 0.203. The van der Waals surface area contributed by atoms with Gasteiger partial charge >= 0.3 is 0 Å². The van der Waals surface area contributed by atoms with E-state index in [1.54, 1.807) is 54.6 Å². The fourth-order valence-electron chi connectivity index (χ4n) is 6.88. The van der Waals surface area contributed by atoms with Gasteiger partial charge in [0.2, 0.25) is 0 Å². The first-order valence-corrected chi connectivity index (χ1v) is 13.5. The molecule has 4 nitrogen and oxygen atoms in total. The van der Waals surface area contributed by atoms with E-state index in [4.69, 9.17) is 11.6 Å². The summed E-state index contributed by atoms with van der Waals surface area (Å²) < 4.78 is 14.2. The Kier molecular flexibility index (Phi) is 5.45. The van der Waals surface area contributed by atoms with Crippen LogP contribution in [0.15, 0.2) is 97.1 Å². The molecule has 0 bridgehead atoms. The van der Waals surface area contributed by atoms with E-state index in [0.29, 0.717) is 33.0 Å². The maximum atomic E-state index is 14.6. The van der Waals surface area contributed by atoms with Crippen molar-refractivity contribution < 1.29 is 18.8 Å². The van der Waals surface area contributed by atoms with Gasteiger partial charge < -0.3 is 4.90 Å². The molecule has 4 aromatic rings. The van der Waals surface area contributed by atoms with Gasteiger partial charge in [-0.05, 0) is 48.4 Å². The highest BCUT2D eigenvalue weighted by atomic mass is 35.5. The standard InChI is InChI=1S/C34H23ClFNO3/c1-19-6-8-21(9-7-19)31(38)30-29(20-10-14-24(36)15-11-20)34(32(39)25-4-2-3-5-26(25)33(34)40)28-17-12-22-18-23(35)13-16-27(22)37(28)30/h2-18,28-30H,1H3/t28-,29-,30+/m0/s1. The lowest BCUT2D eigenvalue weighted by molar-refractivity contribution is 0.0666. The Morgan fingerprint density at radius 3 is 2.17 bits per heavy atom. The van der Waals surface area contributed by atoms with Gasteiger partial charge in [-0.25, -0.2) is 4.39 Å². The van der Waals surface area contributed by atoms with Crippen LogP contribution in [0.5, 0.6) is 0 Å². The third kappa shape index (κ3) is 3.28. The van der Waals surface area contributed by atoms with Gasteiger partial charge in [0, 0.05) is 33.3 Å². The lowest BCUT2D eigenvalue weighted by atomic mass is 9.64. The van der Waals surface area contributed by atoms with Gasteiger partial charge in [-0.2, -0.15) is 0 Å². The maximum Gasteiger partial charge on any atom is 0.185 e. The second-order valence-electron chi connectivity index (χ2n) is 10.7. The number of hydrogen-bond donors (Lipinski definition) is 0. The molecule has 196 valence electrons. The molecule has 3 atom stereocenters. The Hall–Kier alpha value is -4.35.